The summed E-state index contributed by atoms with van der Waals surface area (Å²) in [6.45, 7) is 6.68. The number of halogens is 2. The van der Waals surface area contributed by atoms with Gasteiger partial charge in [0, 0.05) is 19.6 Å². The maximum absolute atomic E-state index is 13.2. The van der Waals surface area contributed by atoms with E-state index in [4.69, 9.17) is 0 Å². The Morgan fingerprint density at radius 3 is 2.57 bits per heavy atom. The molecule has 0 radical (unpaired) electrons. The Morgan fingerprint density at radius 1 is 1.21 bits per heavy atom. The van der Waals surface area contributed by atoms with Crippen molar-refractivity contribution in [3.63, 3.8) is 0 Å². The zero-order valence-corrected chi connectivity index (χ0v) is 17.5. The lowest BCUT2D eigenvalue weighted by molar-refractivity contribution is -0.138. The van der Waals surface area contributed by atoms with Gasteiger partial charge in [-0.05, 0) is 69.7 Å². The average molecular weight is 412 g/mol. The summed E-state index contributed by atoms with van der Waals surface area (Å²) in [6.07, 6.45) is 3.89. The third-order valence-electron chi connectivity index (χ3n) is 5.85. The highest BCUT2D eigenvalue weighted by Crippen LogP contribution is 2.28. The molecular formula is C21H31ClFN3O2. The number of carbonyl (C=O) groups is 2. The van der Waals surface area contributed by atoms with E-state index in [2.05, 4.69) is 10.6 Å². The van der Waals surface area contributed by atoms with Crippen LogP contribution in [0.5, 0.6) is 0 Å². The first-order chi connectivity index (χ1) is 12.9. The van der Waals surface area contributed by atoms with Crippen molar-refractivity contribution in [1.82, 2.24) is 15.5 Å². The molecule has 2 amide bonds. The van der Waals surface area contributed by atoms with E-state index in [-0.39, 0.29) is 42.0 Å². The fourth-order valence-corrected chi connectivity index (χ4v) is 4.08. The highest BCUT2D eigenvalue weighted by molar-refractivity contribution is 5.87. The van der Waals surface area contributed by atoms with Crippen LogP contribution in [-0.4, -0.2) is 48.9 Å². The second-order valence-corrected chi connectivity index (χ2v) is 8.29. The first-order valence-corrected chi connectivity index (χ1v) is 9.94. The van der Waals surface area contributed by atoms with Gasteiger partial charge in [0.2, 0.25) is 11.8 Å². The van der Waals surface area contributed by atoms with Crippen LogP contribution in [0.25, 0.3) is 0 Å². The van der Waals surface area contributed by atoms with Crippen molar-refractivity contribution >= 4 is 24.2 Å². The highest BCUT2D eigenvalue weighted by Gasteiger charge is 2.36. The summed E-state index contributed by atoms with van der Waals surface area (Å²) in [5.41, 5.74) is 0.115. The summed E-state index contributed by atoms with van der Waals surface area (Å²) >= 11 is 0. The third kappa shape index (κ3) is 5.23. The van der Waals surface area contributed by atoms with E-state index < -0.39 is 5.41 Å². The zero-order valence-electron chi connectivity index (χ0n) is 16.7. The van der Waals surface area contributed by atoms with E-state index in [1.54, 1.807) is 12.1 Å². The van der Waals surface area contributed by atoms with Crippen molar-refractivity contribution in [2.45, 2.75) is 51.0 Å². The van der Waals surface area contributed by atoms with Crippen molar-refractivity contribution in [1.29, 1.82) is 0 Å². The van der Waals surface area contributed by atoms with Gasteiger partial charge in [-0.15, -0.1) is 12.4 Å². The number of carbonyl (C=O) groups excluding carboxylic acids is 2. The molecule has 2 N–H and O–H groups in total. The van der Waals surface area contributed by atoms with Gasteiger partial charge >= 0.3 is 0 Å². The normalized spacial score (nSPS) is 22.5. The molecule has 7 heteroatoms. The first kappa shape index (κ1) is 22.6. The van der Waals surface area contributed by atoms with E-state index in [0.29, 0.717) is 13.1 Å². The minimum atomic E-state index is -0.702. The SMILES string of the molecule is CC(C)(C(=O)N1CCCC(CNC(=O)C2CCCN2)C1)c1ccc(F)cc1.Cl. The molecular weight excluding hydrogens is 381 g/mol. The van der Waals surface area contributed by atoms with Crippen LogP contribution in [0.4, 0.5) is 4.39 Å². The number of hydrogen-bond donors (Lipinski definition) is 2. The number of nitrogens with zero attached hydrogens (tertiary/aromatic N) is 1. The van der Waals surface area contributed by atoms with Crippen molar-refractivity contribution in [2.75, 3.05) is 26.2 Å². The Kier molecular flexibility index (Phi) is 7.84. The van der Waals surface area contributed by atoms with E-state index >= 15 is 0 Å². The van der Waals surface area contributed by atoms with Gasteiger partial charge in [-0.3, -0.25) is 9.59 Å². The van der Waals surface area contributed by atoms with Crippen LogP contribution in [0.2, 0.25) is 0 Å². The van der Waals surface area contributed by atoms with Gasteiger partial charge in [0.05, 0.1) is 11.5 Å². The van der Waals surface area contributed by atoms with Crippen LogP contribution in [-0.2, 0) is 15.0 Å². The Hall–Kier alpha value is -1.66. The molecule has 2 aliphatic rings. The van der Waals surface area contributed by atoms with Gasteiger partial charge in [0.15, 0.2) is 0 Å². The topological polar surface area (TPSA) is 61.4 Å². The summed E-state index contributed by atoms with van der Waals surface area (Å²) in [7, 11) is 0. The van der Waals surface area contributed by atoms with Crippen molar-refractivity contribution in [3.8, 4) is 0 Å². The van der Waals surface area contributed by atoms with Gasteiger partial charge in [-0.2, -0.15) is 0 Å². The summed E-state index contributed by atoms with van der Waals surface area (Å²) in [6, 6.07) is 6.10. The third-order valence-corrected chi connectivity index (χ3v) is 5.85. The van der Waals surface area contributed by atoms with Crippen LogP contribution in [0.15, 0.2) is 24.3 Å². The maximum atomic E-state index is 13.2. The van der Waals surface area contributed by atoms with Gasteiger partial charge in [-0.25, -0.2) is 4.39 Å². The molecule has 5 nitrogen and oxygen atoms in total. The molecule has 2 fully saturated rings. The fourth-order valence-electron chi connectivity index (χ4n) is 4.08. The highest BCUT2D eigenvalue weighted by atomic mass is 35.5. The first-order valence-electron chi connectivity index (χ1n) is 9.94. The zero-order chi connectivity index (χ0) is 19.4. The Morgan fingerprint density at radius 2 is 1.93 bits per heavy atom. The van der Waals surface area contributed by atoms with E-state index in [9.17, 15) is 14.0 Å². The lowest BCUT2D eigenvalue weighted by atomic mass is 9.82. The minimum absolute atomic E-state index is 0. The van der Waals surface area contributed by atoms with Gasteiger partial charge in [0.25, 0.3) is 0 Å². The lowest BCUT2D eigenvalue weighted by Gasteiger charge is -2.38. The van der Waals surface area contributed by atoms with Crippen molar-refractivity contribution < 1.29 is 14.0 Å². The summed E-state index contributed by atoms with van der Waals surface area (Å²) in [5.74, 6) is 0.106. The Labute approximate surface area is 172 Å². The van der Waals surface area contributed by atoms with Crippen LogP contribution >= 0.6 is 12.4 Å². The van der Waals surface area contributed by atoms with Gasteiger partial charge in [-0.1, -0.05) is 12.1 Å². The quantitative estimate of drug-likeness (QED) is 0.783. The number of benzene rings is 1. The molecule has 0 spiro atoms. The number of piperidine rings is 1. The molecule has 2 aliphatic heterocycles. The second-order valence-electron chi connectivity index (χ2n) is 8.29. The Balaban J connectivity index is 0.00000280. The molecule has 0 bridgehead atoms. The fraction of sp³-hybridized carbons (Fsp3) is 0.619. The summed E-state index contributed by atoms with van der Waals surface area (Å²) < 4.78 is 13.2. The maximum Gasteiger partial charge on any atom is 0.237 e. The predicted molar refractivity (Wildman–Crippen MR) is 110 cm³/mol. The molecule has 1 aromatic carbocycles. The van der Waals surface area contributed by atoms with Crippen LogP contribution < -0.4 is 10.6 Å². The molecule has 0 saturated carbocycles. The van der Waals surface area contributed by atoms with E-state index in [1.807, 2.05) is 18.7 Å². The molecule has 2 saturated heterocycles. The molecule has 28 heavy (non-hydrogen) atoms. The van der Waals surface area contributed by atoms with E-state index in [0.717, 1.165) is 44.3 Å². The molecule has 2 atom stereocenters. The van der Waals surface area contributed by atoms with Gasteiger partial charge < -0.3 is 15.5 Å². The number of rotatable bonds is 5. The second kappa shape index (κ2) is 9.70. The predicted octanol–water partition coefficient (Wildman–Crippen LogP) is 2.63. The van der Waals surface area contributed by atoms with E-state index in [1.165, 1.54) is 12.1 Å². The molecule has 2 unspecified atom stereocenters. The molecule has 3 rings (SSSR count). The monoisotopic (exact) mass is 411 g/mol. The molecule has 2 heterocycles. The summed E-state index contributed by atoms with van der Waals surface area (Å²) in [5, 5.41) is 6.26. The smallest absolute Gasteiger partial charge is 0.237 e. The standard InChI is InChI=1S/C21H30FN3O2.ClH/c1-21(2,16-7-9-17(22)10-8-16)20(27)25-12-4-5-15(14-25)13-24-19(26)18-6-3-11-23-18;/h7-10,15,18,23H,3-6,11-14H2,1-2H3,(H,24,26);1H. The van der Waals surface area contributed by atoms with Crippen molar-refractivity contribution in [2.24, 2.45) is 5.92 Å². The minimum Gasteiger partial charge on any atom is -0.354 e. The average Bonchev–Trinajstić information content (AvgIpc) is 3.21. The molecule has 0 aromatic heterocycles. The molecule has 1 aromatic rings. The van der Waals surface area contributed by atoms with Gasteiger partial charge in [0.1, 0.15) is 5.82 Å². The molecule has 0 aliphatic carbocycles. The Bertz CT molecular complexity index is 675. The van der Waals surface area contributed by atoms with Crippen molar-refractivity contribution in [3.05, 3.63) is 35.6 Å². The largest absolute Gasteiger partial charge is 0.354 e. The van der Waals surface area contributed by atoms with Crippen LogP contribution in [0.3, 0.4) is 0 Å². The number of amides is 2. The summed E-state index contributed by atoms with van der Waals surface area (Å²) in [4.78, 5) is 27.2. The number of nitrogens with one attached hydrogen (secondary N) is 2. The number of hydrogen-bond acceptors (Lipinski definition) is 3. The lowest BCUT2D eigenvalue weighted by Crippen LogP contribution is -2.50. The number of likely N-dealkylation sites (tertiary alicyclic amines) is 1. The van der Waals surface area contributed by atoms with Crippen LogP contribution in [0.1, 0.15) is 45.1 Å². The van der Waals surface area contributed by atoms with Crippen LogP contribution in [0, 0.1) is 11.7 Å². The molecule has 156 valence electrons.